The van der Waals surface area contributed by atoms with Gasteiger partial charge >= 0.3 is 11.9 Å². The molecule has 1 heterocycles. The van der Waals surface area contributed by atoms with Gasteiger partial charge in [-0.15, -0.1) is 6.58 Å². The van der Waals surface area contributed by atoms with E-state index in [4.69, 9.17) is 21.6 Å². The van der Waals surface area contributed by atoms with Crippen molar-refractivity contribution in [1.82, 2.24) is 0 Å². The molecule has 2 atom stereocenters. The number of carbonyl (C=O) groups is 2. The van der Waals surface area contributed by atoms with Crippen LogP contribution in [0.4, 0.5) is 0 Å². The van der Waals surface area contributed by atoms with E-state index < -0.39 is 23.0 Å². The third-order valence-electron chi connectivity index (χ3n) is 4.62. The molecule has 2 rings (SSSR count). The first-order valence-corrected chi connectivity index (χ1v) is 7.97. The summed E-state index contributed by atoms with van der Waals surface area (Å²) in [6, 6.07) is 6.87. The molecule has 1 aliphatic heterocycles. The molecule has 0 spiro atoms. The summed E-state index contributed by atoms with van der Waals surface area (Å²) < 4.78 is 5.23. The molecule has 0 bridgehead atoms. The molecule has 0 saturated heterocycles. The maximum Gasteiger partial charge on any atom is 0.348 e. The van der Waals surface area contributed by atoms with Crippen LogP contribution >= 0.6 is 11.6 Å². The quantitative estimate of drug-likeness (QED) is 0.653. The van der Waals surface area contributed by atoms with E-state index in [-0.39, 0.29) is 11.4 Å². The SMILES string of the molecule is C=CC(C)(C1=C(C)CC(C)(C(=O)O)OC1=O)c1ccc(C#N)c(Cl)c1. The number of nitriles is 1. The molecule has 1 aromatic carbocycles. The summed E-state index contributed by atoms with van der Waals surface area (Å²) in [4.78, 5) is 24.0. The lowest BCUT2D eigenvalue weighted by atomic mass is 9.71. The molecular weight excluding hydrogens is 342 g/mol. The standard InChI is InChI=1S/C19H18ClNO4/c1-5-18(3,13-7-6-12(10-21)14(20)8-13)15-11(2)9-19(4,17(23)24)25-16(15)22/h5-8H,1,9H2,2-4H3,(H,23,24). The maximum absolute atomic E-state index is 12.6. The van der Waals surface area contributed by atoms with Crippen LogP contribution in [0, 0.1) is 11.3 Å². The molecule has 25 heavy (non-hydrogen) atoms. The zero-order valence-electron chi connectivity index (χ0n) is 14.2. The number of ether oxygens (including phenoxy) is 1. The van der Waals surface area contributed by atoms with Crippen LogP contribution in [0.1, 0.15) is 38.3 Å². The molecular formula is C19H18ClNO4. The predicted molar refractivity (Wildman–Crippen MR) is 93.2 cm³/mol. The Labute approximate surface area is 151 Å². The fraction of sp³-hybridized carbons (Fsp3) is 0.316. The van der Waals surface area contributed by atoms with Gasteiger partial charge in [0.05, 0.1) is 16.2 Å². The highest BCUT2D eigenvalue weighted by Crippen LogP contribution is 2.42. The number of rotatable bonds is 4. The van der Waals surface area contributed by atoms with E-state index in [1.54, 1.807) is 38.1 Å². The maximum atomic E-state index is 12.6. The highest BCUT2D eigenvalue weighted by Gasteiger charge is 2.47. The number of carboxylic acids is 1. The van der Waals surface area contributed by atoms with Gasteiger partial charge < -0.3 is 9.84 Å². The number of allylic oxidation sites excluding steroid dienone is 1. The largest absolute Gasteiger partial charge is 0.478 e. The summed E-state index contributed by atoms with van der Waals surface area (Å²) >= 11 is 6.12. The van der Waals surface area contributed by atoms with Crippen molar-refractivity contribution in [1.29, 1.82) is 5.26 Å². The fourth-order valence-electron chi connectivity index (χ4n) is 3.13. The van der Waals surface area contributed by atoms with Crippen LogP contribution in [0.25, 0.3) is 0 Å². The summed E-state index contributed by atoms with van der Waals surface area (Å²) in [5.41, 5.74) is -0.580. The van der Waals surface area contributed by atoms with Crippen LogP contribution < -0.4 is 0 Å². The Morgan fingerprint density at radius 2 is 2.20 bits per heavy atom. The van der Waals surface area contributed by atoms with Crippen molar-refractivity contribution in [2.75, 3.05) is 0 Å². The highest BCUT2D eigenvalue weighted by atomic mass is 35.5. The van der Waals surface area contributed by atoms with Crippen molar-refractivity contribution >= 4 is 23.5 Å². The Kier molecular flexibility index (Phi) is 4.79. The van der Waals surface area contributed by atoms with E-state index in [9.17, 15) is 14.7 Å². The van der Waals surface area contributed by atoms with Gasteiger partial charge in [-0.1, -0.05) is 29.3 Å². The Balaban J connectivity index is 2.62. The zero-order valence-corrected chi connectivity index (χ0v) is 15.0. The molecule has 1 N–H and O–H groups in total. The van der Waals surface area contributed by atoms with Gasteiger partial charge in [-0.05, 0) is 38.5 Å². The van der Waals surface area contributed by atoms with Gasteiger partial charge in [0.1, 0.15) is 6.07 Å². The van der Waals surface area contributed by atoms with Gasteiger partial charge in [0, 0.05) is 11.8 Å². The van der Waals surface area contributed by atoms with Gasteiger partial charge in [-0.2, -0.15) is 5.26 Å². The topological polar surface area (TPSA) is 87.4 Å². The van der Waals surface area contributed by atoms with Crippen LogP contribution in [0.15, 0.2) is 42.0 Å². The minimum absolute atomic E-state index is 0.0802. The number of nitrogens with zero attached hydrogens (tertiary/aromatic N) is 1. The first-order chi connectivity index (χ1) is 11.6. The van der Waals surface area contributed by atoms with Gasteiger partial charge in [-0.3, -0.25) is 0 Å². The molecule has 2 unspecified atom stereocenters. The second kappa shape index (κ2) is 6.38. The minimum atomic E-state index is -1.59. The third-order valence-corrected chi connectivity index (χ3v) is 4.93. The zero-order chi connectivity index (χ0) is 19.0. The monoisotopic (exact) mass is 359 g/mol. The van der Waals surface area contributed by atoms with Crippen molar-refractivity contribution in [2.45, 2.75) is 38.2 Å². The second-order valence-corrected chi connectivity index (χ2v) is 6.88. The van der Waals surface area contributed by atoms with Crippen LogP contribution in [-0.4, -0.2) is 22.6 Å². The second-order valence-electron chi connectivity index (χ2n) is 6.47. The number of halogens is 1. The van der Waals surface area contributed by atoms with Crippen LogP contribution in [0.3, 0.4) is 0 Å². The van der Waals surface area contributed by atoms with E-state index >= 15 is 0 Å². The first kappa shape index (κ1) is 18.8. The summed E-state index contributed by atoms with van der Waals surface area (Å²) in [5.74, 6) is -1.89. The van der Waals surface area contributed by atoms with E-state index in [0.717, 1.165) is 0 Å². The van der Waals surface area contributed by atoms with Crippen molar-refractivity contribution in [3.8, 4) is 6.07 Å². The number of hydrogen-bond acceptors (Lipinski definition) is 4. The molecule has 6 heteroatoms. The van der Waals surface area contributed by atoms with Crippen molar-refractivity contribution in [3.63, 3.8) is 0 Å². The molecule has 130 valence electrons. The van der Waals surface area contributed by atoms with E-state index in [2.05, 4.69) is 6.58 Å². The smallest absolute Gasteiger partial charge is 0.348 e. The Hall–Kier alpha value is -2.58. The summed E-state index contributed by atoms with van der Waals surface area (Å²) in [6.45, 7) is 8.69. The Bertz CT molecular complexity index is 851. The van der Waals surface area contributed by atoms with E-state index in [0.29, 0.717) is 22.3 Å². The van der Waals surface area contributed by atoms with Crippen LogP contribution in [0.5, 0.6) is 0 Å². The molecule has 0 radical (unpaired) electrons. The van der Waals surface area contributed by atoms with Gasteiger partial charge in [-0.25, -0.2) is 9.59 Å². The Morgan fingerprint density at radius 3 is 2.64 bits per heavy atom. The van der Waals surface area contributed by atoms with Gasteiger partial charge in [0.25, 0.3) is 0 Å². The average molecular weight is 360 g/mol. The van der Waals surface area contributed by atoms with E-state index in [1.165, 1.54) is 6.92 Å². The molecule has 0 saturated carbocycles. The molecule has 1 aliphatic rings. The lowest BCUT2D eigenvalue weighted by Crippen LogP contribution is -2.46. The fourth-order valence-corrected chi connectivity index (χ4v) is 3.35. The lowest BCUT2D eigenvalue weighted by molar-refractivity contribution is -0.176. The average Bonchev–Trinajstić information content (AvgIpc) is 2.53. The van der Waals surface area contributed by atoms with Crippen molar-refractivity contribution in [3.05, 3.63) is 58.1 Å². The number of benzene rings is 1. The molecule has 0 fully saturated rings. The first-order valence-electron chi connectivity index (χ1n) is 7.59. The number of esters is 1. The molecule has 1 aromatic rings. The van der Waals surface area contributed by atoms with Crippen LogP contribution in [-0.2, 0) is 19.7 Å². The number of carbonyl (C=O) groups excluding carboxylic acids is 1. The number of aliphatic carboxylic acids is 1. The molecule has 5 nitrogen and oxygen atoms in total. The highest BCUT2D eigenvalue weighted by molar-refractivity contribution is 6.31. The summed E-state index contributed by atoms with van der Waals surface area (Å²) in [6.07, 6.45) is 1.67. The van der Waals surface area contributed by atoms with Gasteiger partial charge in [0.15, 0.2) is 0 Å². The van der Waals surface area contributed by atoms with Crippen LogP contribution in [0.2, 0.25) is 5.02 Å². The van der Waals surface area contributed by atoms with E-state index in [1.807, 2.05) is 6.07 Å². The molecule has 0 aromatic heterocycles. The molecule has 0 amide bonds. The lowest BCUT2D eigenvalue weighted by Gasteiger charge is -2.38. The number of cyclic esters (lactones) is 1. The number of carboxylic acid groups (broad SMARTS) is 1. The Morgan fingerprint density at radius 1 is 1.56 bits per heavy atom. The number of hydrogen-bond donors (Lipinski definition) is 1. The van der Waals surface area contributed by atoms with Crippen molar-refractivity contribution < 1.29 is 19.4 Å². The minimum Gasteiger partial charge on any atom is -0.478 e. The third kappa shape index (κ3) is 3.06. The molecule has 0 aliphatic carbocycles. The predicted octanol–water partition coefficient (Wildman–Crippen LogP) is 3.76. The normalized spacial score (nSPS) is 22.6. The van der Waals surface area contributed by atoms with Crippen molar-refractivity contribution in [2.24, 2.45) is 0 Å². The summed E-state index contributed by atoms with van der Waals surface area (Å²) in [7, 11) is 0. The summed E-state index contributed by atoms with van der Waals surface area (Å²) in [5, 5.41) is 18.6. The van der Waals surface area contributed by atoms with Gasteiger partial charge in [0.2, 0.25) is 5.60 Å².